The maximum absolute atomic E-state index is 6.20. The summed E-state index contributed by atoms with van der Waals surface area (Å²) in [6.45, 7) is 2.50. The number of thiazole rings is 1. The molecule has 2 heterocycles. The third-order valence-electron chi connectivity index (χ3n) is 6.94. The summed E-state index contributed by atoms with van der Waals surface area (Å²) in [7, 11) is 0. The van der Waals surface area contributed by atoms with Crippen molar-refractivity contribution in [2.75, 3.05) is 0 Å². The van der Waals surface area contributed by atoms with Crippen molar-refractivity contribution in [3.8, 4) is 28.4 Å². The first-order chi connectivity index (χ1) is 17.7. The van der Waals surface area contributed by atoms with Gasteiger partial charge < -0.3 is 9.30 Å². The van der Waals surface area contributed by atoms with Crippen LogP contribution in [0.4, 0.5) is 0 Å². The van der Waals surface area contributed by atoms with Crippen molar-refractivity contribution in [2.45, 2.75) is 51.7 Å². The van der Waals surface area contributed by atoms with Gasteiger partial charge in [-0.3, -0.25) is 0 Å². The Morgan fingerprint density at radius 1 is 0.889 bits per heavy atom. The first-order valence-corrected chi connectivity index (χ1v) is 13.8. The first kappa shape index (κ1) is 23.3. The smallest absolute Gasteiger partial charge is 0.141 e. The SMILES string of the molecule is Cc1nc(-c2ccc(Cl)cc2)c(COc2ccc(-c3nc4ccccc4n3C3CCCCC3)cc2)s1. The van der Waals surface area contributed by atoms with E-state index in [2.05, 4.69) is 53.1 Å². The van der Waals surface area contributed by atoms with Crippen LogP contribution in [0, 0.1) is 6.92 Å². The van der Waals surface area contributed by atoms with Gasteiger partial charge in [-0.15, -0.1) is 11.3 Å². The molecule has 0 unspecified atom stereocenters. The van der Waals surface area contributed by atoms with Crippen molar-refractivity contribution in [3.63, 3.8) is 0 Å². The Kier molecular flexibility index (Phi) is 6.51. The number of ether oxygens (including phenoxy) is 1. The Bertz CT molecular complexity index is 1480. The monoisotopic (exact) mass is 513 g/mol. The zero-order chi connectivity index (χ0) is 24.5. The highest BCUT2D eigenvalue weighted by molar-refractivity contribution is 7.12. The molecule has 4 nitrogen and oxygen atoms in total. The summed E-state index contributed by atoms with van der Waals surface area (Å²) < 4.78 is 8.68. The van der Waals surface area contributed by atoms with Crippen LogP contribution in [0.15, 0.2) is 72.8 Å². The highest BCUT2D eigenvalue weighted by atomic mass is 35.5. The summed E-state index contributed by atoms with van der Waals surface area (Å²) in [5, 5.41) is 1.75. The summed E-state index contributed by atoms with van der Waals surface area (Å²) in [5.41, 5.74) is 5.44. The number of aromatic nitrogens is 3. The van der Waals surface area contributed by atoms with Gasteiger partial charge in [0.2, 0.25) is 0 Å². The molecule has 0 spiro atoms. The Morgan fingerprint density at radius 2 is 1.61 bits per heavy atom. The van der Waals surface area contributed by atoms with E-state index in [9.17, 15) is 0 Å². The number of imidazole rings is 1. The molecular formula is C30H28ClN3OS. The fraction of sp³-hybridized carbons (Fsp3) is 0.267. The average Bonchev–Trinajstić information content (AvgIpc) is 3.49. The van der Waals surface area contributed by atoms with Crippen LogP contribution in [0.5, 0.6) is 5.75 Å². The molecule has 1 aliphatic carbocycles. The van der Waals surface area contributed by atoms with Gasteiger partial charge in [-0.25, -0.2) is 9.97 Å². The van der Waals surface area contributed by atoms with E-state index in [1.165, 1.54) is 37.6 Å². The average molecular weight is 514 g/mol. The number of halogens is 1. The summed E-state index contributed by atoms with van der Waals surface area (Å²) >= 11 is 7.74. The van der Waals surface area contributed by atoms with Crippen LogP contribution in [0.1, 0.15) is 48.0 Å². The molecule has 0 amide bonds. The molecule has 6 rings (SSSR count). The summed E-state index contributed by atoms with van der Waals surface area (Å²) in [5.74, 6) is 1.89. The number of benzene rings is 3. The number of hydrogen-bond acceptors (Lipinski definition) is 4. The van der Waals surface area contributed by atoms with E-state index >= 15 is 0 Å². The maximum atomic E-state index is 6.20. The van der Waals surface area contributed by atoms with Gasteiger partial charge in [0.1, 0.15) is 18.2 Å². The number of nitrogens with zero attached hydrogens (tertiary/aromatic N) is 3. The summed E-state index contributed by atoms with van der Waals surface area (Å²) in [6.07, 6.45) is 6.36. The fourth-order valence-corrected chi connectivity index (χ4v) is 6.20. The number of aryl methyl sites for hydroxylation is 1. The number of para-hydroxylation sites is 2. The van der Waals surface area contributed by atoms with Crippen molar-refractivity contribution in [2.24, 2.45) is 0 Å². The number of fused-ring (bicyclic) bond motifs is 1. The van der Waals surface area contributed by atoms with Crippen molar-refractivity contribution < 1.29 is 4.74 Å². The van der Waals surface area contributed by atoms with Crippen LogP contribution in [-0.4, -0.2) is 14.5 Å². The molecule has 2 aromatic heterocycles. The lowest BCUT2D eigenvalue weighted by molar-refractivity contribution is 0.310. The minimum Gasteiger partial charge on any atom is -0.488 e. The van der Waals surface area contributed by atoms with Crippen molar-refractivity contribution in [1.82, 2.24) is 14.5 Å². The molecule has 0 atom stereocenters. The Hall–Kier alpha value is -3.15. The molecule has 5 aromatic rings. The molecule has 0 radical (unpaired) electrons. The third-order valence-corrected chi connectivity index (χ3v) is 8.14. The summed E-state index contributed by atoms with van der Waals surface area (Å²) in [6, 6.07) is 25.2. The molecule has 1 saturated carbocycles. The molecule has 6 heteroatoms. The molecule has 1 fully saturated rings. The van der Waals surface area contributed by atoms with E-state index in [-0.39, 0.29) is 0 Å². The van der Waals surface area contributed by atoms with Gasteiger partial charge in [0.25, 0.3) is 0 Å². The zero-order valence-electron chi connectivity index (χ0n) is 20.3. The Balaban J connectivity index is 1.25. The lowest BCUT2D eigenvalue weighted by Crippen LogP contribution is -2.13. The minimum absolute atomic E-state index is 0.476. The first-order valence-electron chi connectivity index (χ1n) is 12.6. The van der Waals surface area contributed by atoms with E-state index in [4.69, 9.17) is 26.3 Å². The van der Waals surface area contributed by atoms with Gasteiger partial charge in [-0.2, -0.15) is 0 Å². The predicted octanol–water partition coefficient (Wildman–Crippen LogP) is 8.87. The van der Waals surface area contributed by atoms with Gasteiger partial charge in [0.15, 0.2) is 0 Å². The lowest BCUT2D eigenvalue weighted by atomic mass is 9.95. The van der Waals surface area contributed by atoms with E-state index in [0.29, 0.717) is 12.6 Å². The highest BCUT2D eigenvalue weighted by Gasteiger charge is 2.22. The molecule has 1 aliphatic rings. The standard InChI is InChI=1S/C30H28ClN3OS/c1-20-32-29(21-11-15-23(31)16-12-21)28(36-20)19-35-25-17-13-22(14-18-25)30-33-26-9-5-6-10-27(26)34(30)24-7-3-2-4-8-24/h5-6,9-18,24H,2-4,7-8,19H2,1H3. The highest BCUT2D eigenvalue weighted by Crippen LogP contribution is 2.36. The fourth-order valence-electron chi connectivity index (χ4n) is 5.21. The largest absolute Gasteiger partial charge is 0.488 e. The molecule has 0 bridgehead atoms. The normalized spacial score (nSPS) is 14.4. The van der Waals surface area contributed by atoms with E-state index in [1.807, 2.05) is 31.2 Å². The van der Waals surface area contributed by atoms with Gasteiger partial charge >= 0.3 is 0 Å². The molecule has 0 saturated heterocycles. The second-order valence-corrected chi connectivity index (χ2v) is 11.1. The van der Waals surface area contributed by atoms with Crippen molar-refractivity contribution >= 4 is 34.0 Å². The maximum Gasteiger partial charge on any atom is 0.141 e. The lowest BCUT2D eigenvalue weighted by Gasteiger charge is -2.25. The number of hydrogen-bond donors (Lipinski definition) is 0. The quantitative estimate of drug-likeness (QED) is 0.227. The van der Waals surface area contributed by atoms with Gasteiger partial charge in [0, 0.05) is 22.2 Å². The third kappa shape index (κ3) is 4.65. The van der Waals surface area contributed by atoms with Crippen LogP contribution >= 0.6 is 22.9 Å². The van der Waals surface area contributed by atoms with E-state index in [1.54, 1.807) is 11.3 Å². The van der Waals surface area contributed by atoms with Crippen LogP contribution < -0.4 is 4.74 Å². The molecule has 0 N–H and O–H groups in total. The zero-order valence-corrected chi connectivity index (χ0v) is 21.9. The number of rotatable bonds is 6. The van der Waals surface area contributed by atoms with Gasteiger partial charge in [-0.1, -0.05) is 55.1 Å². The van der Waals surface area contributed by atoms with Crippen molar-refractivity contribution in [1.29, 1.82) is 0 Å². The van der Waals surface area contributed by atoms with Crippen LogP contribution in [0.3, 0.4) is 0 Å². The minimum atomic E-state index is 0.476. The van der Waals surface area contributed by atoms with Gasteiger partial charge in [0.05, 0.1) is 26.6 Å². The van der Waals surface area contributed by atoms with Gasteiger partial charge in [-0.05, 0) is 68.3 Å². The predicted molar refractivity (Wildman–Crippen MR) is 149 cm³/mol. The second-order valence-electron chi connectivity index (χ2n) is 9.41. The van der Waals surface area contributed by atoms with Crippen LogP contribution in [0.25, 0.3) is 33.7 Å². The summed E-state index contributed by atoms with van der Waals surface area (Å²) in [4.78, 5) is 10.9. The molecule has 36 heavy (non-hydrogen) atoms. The second kappa shape index (κ2) is 10.1. The Labute approximate surface area is 220 Å². The molecule has 3 aromatic carbocycles. The van der Waals surface area contributed by atoms with E-state index in [0.717, 1.165) is 48.8 Å². The molecular weight excluding hydrogens is 486 g/mol. The Morgan fingerprint density at radius 3 is 2.39 bits per heavy atom. The molecule has 182 valence electrons. The van der Waals surface area contributed by atoms with Crippen LogP contribution in [0.2, 0.25) is 5.02 Å². The van der Waals surface area contributed by atoms with E-state index < -0.39 is 0 Å². The van der Waals surface area contributed by atoms with Crippen LogP contribution in [-0.2, 0) is 6.61 Å². The molecule has 0 aliphatic heterocycles. The topological polar surface area (TPSA) is 39.9 Å². The van der Waals surface area contributed by atoms with Crippen molar-refractivity contribution in [3.05, 3.63) is 87.7 Å².